The Balaban J connectivity index is 0.000000609. The predicted molar refractivity (Wildman–Crippen MR) is 150 cm³/mol. The van der Waals surface area contributed by atoms with Gasteiger partial charge in [-0.25, -0.2) is 14.3 Å². The smallest absolute Gasteiger partial charge is 0.483 e. The Labute approximate surface area is 252 Å². The Kier molecular flexibility index (Phi) is 14.2. The molecule has 1 aliphatic heterocycles. The van der Waals surface area contributed by atoms with E-state index in [9.17, 15) is 35.9 Å². The van der Waals surface area contributed by atoms with Crippen molar-refractivity contribution in [1.82, 2.24) is 14.6 Å². The van der Waals surface area contributed by atoms with E-state index in [4.69, 9.17) is 25.5 Å². The second-order valence-corrected chi connectivity index (χ2v) is 10.2. The second-order valence-electron chi connectivity index (χ2n) is 10.2. The number of carbonyl (C=O) groups excluding carboxylic acids is 2. The fraction of sp³-hybridized carbons (Fsp3) is 0.407. The van der Waals surface area contributed by atoms with Crippen LogP contribution in [0.2, 0.25) is 0 Å². The molecular weight excluding hydrogens is 618 g/mol. The van der Waals surface area contributed by atoms with E-state index < -0.39 is 18.8 Å². The summed E-state index contributed by atoms with van der Waals surface area (Å²) in [5.41, 5.74) is 7.85. The summed E-state index contributed by atoms with van der Waals surface area (Å²) in [4.78, 5) is 47.8. The second kappa shape index (κ2) is 16.8. The van der Waals surface area contributed by atoms with Gasteiger partial charge >= 0.3 is 18.8 Å². The topological polar surface area (TPSA) is 180 Å². The van der Waals surface area contributed by atoms with Gasteiger partial charge in [-0.15, -0.1) is 5.10 Å². The van der Waals surface area contributed by atoms with Gasteiger partial charge in [0.2, 0.25) is 5.91 Å². The van der Waals surface area contributed by atoms with Crippen LogP contribution in [0.3, 0.4) is 0 Å². The van der Waals surface area contributed by atoms with Crippen LogP contribution in [0.5, 0.6) is 0 Å². The highest BCUT2D eigenvalue weighted by Gasteiger charge is 2.38. The maximum Gasteiger partial charge on any atom is 0.490 e. The summed E-state index contributed by atoms with van der Waals surface area (Å²) in [6.45, 7) is 3.96. The molecule has 0 unspecified atom stereocenters. The normalized spacial score (nSPS) is 13.3. The molecule has 0 saturated carbocycles. The maximum absolute atomic E-state index is 12.6. The Morgan fingerprint density at radius 3 is 1.93 bits per heavy atom. The van der Waals surface area contributed by atoms with Crippen LogP contribution in [-0.4, -0.2) is 75.0 Å². The number of alkyl halides is 6. The summed E-state index contributed by atoms with van der Waals surface area (Å²) in [6, 6.07) is 11.4. The number of halogens is 6. The Morgan fingerprint density at radius 1 is 1.02 bits per heavy atom. The molecule has 0 radical (unpaired) electrons. The molecule has 1 fully saturated rings. The van der Waals surface area contributed by atoms with Gasteiger partial charge < -0.3 is 26.2 Å². The van der Waals surface area contributed by atoms with Gasteiger partial charge in [0.1, 0.15) is 5.82 Å². The number of fused-ring (bicyclic) bond motifs is 1. The molecule has 4 rings (SSSR count). The number of nitrogens with one attached hydrogen (secondary N) is 1. The average Bonchev–Trinajstić information content (AvgIpc) is 3.34. The number of primary amides is 1. The van der Waals surface area contributed by atoms with E-state index in [0.717, 1.165) is 31.7 Å². The molecule has 2 aromatic heterocycles. The molecular formula is C27H32F6N6O6. The number of hydrogen-bond donors (Lipinski definition) is 4. The van der Waals surface area contributed by atoms with E-state index in [-0.39, 0.29) is 29.6 Å². The highest BCUT2D eigenvalue weighted by Crippen LogP contribution is 2.24. The van der Waals surface area contributed by atoms with E-state index in [2.05, 4.69) is 41.1 Å². The monoisotopic (exact) mass is 650 g/mol. The third-order valence-electron chi connectivity index (χ3n) is 6.02. The first-order valence-electron chi connectivity index (χ1n) is 12.9. The van der Waals surface area contributed by atoms with Crippen molar-refractivity contribution in [3.8, 4) is 0 Å². The lowest BCUT2D eigenvalue weighted by atomic mass is 9.87. The number of anilines is 2. The number of rotatable bonds is 4. The van der Waals surface area contributed by atoms with E-state index in [0.29, 0.717) is 17.0 Å². The molecule has 18 heteroatoms. The summed E-state index contributed by atoms with van der Waals surface area (Å²) in [5.74, 6) is -2.01. The molecule has 5 N–H and O–H groups in total. The molecule has 45 heavy (non-hydrogen) atoms. The molecule has 1 aromatic carbocycles. The quantitative estimate of drug-likeness (QED) is 0.234. The molecule has 0 aliphatic carbocycles. The van der Waals surface area contributed by atoms with Gasteiger partial charge in [-0.05, 0) is 48.1 Å². The summed E-state index contributed by atoms with van der Waals surface area (Å²) >= 11 is 0. The summed E-state index contributed by atoms with van der Waals surface area (Å²) < 4.78 is 62.4. The van der Waals surface area contributed by atoms with Crippen molar-refractivity contribution in [3.63, 3.8) is 0 Å². The minimum Gasteiger partial charge on any atom is -0.483 e. The van der Waals surface area contributed by atoms with Crippen LogP contribution in [0.25, 0.3) is 5.65 Å². The van der Waals surface area contributed by atoms with Crippen molar-refractivity contribution in [1.29, 1.82) is 0 Å². The third-order valence-corrected chi connectivity index (χ3v) is 6.02. The molecule has 0 bridgehead atoms. The molecule has 248 valence electrons. The highest BCUT2D eigenvalue weighted by atomic mass is 19.4. The van der Waals surface area contributed by atoms with Crippen LogP contribution >= 0.6 is 0 Å². The number of nitrogens with zero attached hydrogens (tertiary/aromatic N) is 4. The van der Waals surface area contributed by atoms with Crippen LogP contribution < -0.4 is 16.0 Å². The number of hydrogen-bond acceptors (Lipinski definition) is 7. The van der Waals surface area contributed by atoms with Gasteiger partial charge in [0, 0.05) is 24.6 Å². The number of piperidine rings is 1. The Bertz CT molecular complexity index is 1420. The molecule has 0 spiro atoms. The van der Waals surface area contributed by atoms with Gasteiger partial charge in [-0.1, -0.05) is 32.9 Å². The number of carbonyl (C=O) groups is 4. The zero-order valence-electron chi connectivity index (χ0n) is 24.3. The third kappa shape index (κ3) is 13.1. The summed E-state index contributed by atoms with van der Waals surface area (Å²) in [7, 11) is 0. The standard InChI is InChI=1S/C23H28N6O2.C2HF3O2.CHF3.CH2O2/c1-23(2,3)17-6-4-16(5-7-17)22(31)26-18-14-29-19(25-18)8-9-20(27-29)28-12-10-15(11-13-28)21(24)30;3-2(4,5)1(6)7;2-1(3)4;2-1-3/h4-9,14-15H,10-13H2,1-3H3,(H2,24,30)(H,26,31);(H,6,7);1H;1H,(H,2,3). The minimum atomic E-state index is -5.08. The van der Waals surface area contributed by atoms with Crippen molar-refractivity contribution in [2.45, 2.75) is 51.9 Å². The number of benzene rings is 1. The Hall–Kier alpha value is -4.90. The van der Waals surface area contributed by atoms with E-state index in [1.807, 2.05) is 36.4 Å². The van der Waals surface area contributed by atoms with Crippen molar-refractivity contribution in [2.24, 2.45) is 11.7 Å². The lowest BCUT2D eigenvalue weighted by Gasteiger charge is -2.31. The number of amides is 2. The van der Waals surface area contributed by atoms with Crippen LogP contribution in [0, 0.1) is 5.92 Å². The van der Waals surface area contributed by atoms with Gasteiger partial charge in [0.05, 0.1) is 6.20 Å². The Morgan fingerprint density at radius 2 is 1.51 bits per heavy atom. The largest absolute Gasteiger partial charge is 0.490 e. The lowest BCUT2D eigenvalue weighted by molar-refractivity contribution is -0.192. The van der Waals surface area contributed by atoms with Crippen LogP contribution in [0.15, 0.2) is 42.6 Å². The molecule has 1 aliphatic rings. The zero-order valence-corrected chi connectivity index (χ0v) is 24.3. The first kappa shape index (κ1) is 38.1. The van der Waals surface area contributed by atoms with E-state index >= 15 is 0 Å². The van der Waals surface area contributed by atoms with Gasteiger partial charge in [-0.2, -0.15) is 26.3 Å². The first-order valence-corrected chi connectivity index (χ1v) is 12.9. The van der Waals surface area contributed by atoms with E-state index in [1.165, 1.54) is 5.56 Å². The molecule has 3 heterocycles. The first-order chi connectivity index (χ1) is 20.8. The number of aliphatic carboxylic acids is 1. The fourth-order valence-electron chi connectivity index (χ4n) is 3.80. The fourth-order valence-corrected chi connectivity index (χ4v) is 3.80. The van der Waals surface area contributed by atoms with E-state index in [1.54, 1.807) is 10.7 Å². The summed E-state index contributed by atoms with van der Waals surface area (Å²) in [5, 5.41) is 21.5. The average molecular weight is 651 g/mol. The van der Waals surface area contributed by atoms with Gasteiger partial charge in [0.15, 0.2) is 11.5 Å². The molecule has 3 aromatic rings. The zero-order chi connectivity index (χ0) is 34.5. The predicted octanol–water partition coefficient (Wildman–Crippen LogP) is 4.49. The number of imidazole rings is 1. The van der Waals surface area contributed by atoms with Gasteiger partial charge in [-0.3, -0.25) is 14.4 Å². The van der Waals surface area contributed by atoms with Crippen molar-refractivity contribution in [2.75, 3.05) is 23.3 Å². The number of aromatic nitrogens is 3. The minimum absolute atomic E-state index is 0.0368. The molecule has 12 nitrogen and oxygen atoms in total. The lowest BCUT2D eigenvalue weighted by Crippen LogP contribution is -2.39. The number of carboxylic acid groups (broad SMARTS) is 2. The van der Waals surface area contributed by atoms with Crippen molar-refractivity contribution >= 4 is 41.5 Å². The maximum atomic E-state index is 12.6. The summed E-state index contributed by atoms with van der Waals surface area (Å²) in [6.07, 6.45) is -1.92. The number of nitrogens with two attached hydrogens (primary N) is 1. The highest BCUT2D eigenvalue weighted by molar-refractivity contribution is 6.03. The van der Waals surface area contributed by atoms with Crippen molar-refractivity contribution in [3.05, 3.63) is 53.7 Å². The number of carboxylic acids is 1. The molecule has 1 saturated heterocycles. The molecule has 0 atom stereocenters. The van der Waals surface area contributed by atoms with Crippen LogP contribution in [0.1, 0.15) is 49.5 Å². The molecule has 2 amide bonds. The van der Waals surface area contributed by atoms with Crippen LogP contribution in [-0.2, 0) is 19.8 Å². The van der Waals surface area contributed by atoms with Gasteiger partial charge in [0.25, 0.3) is 12.4 Å². The SMILES string of the molecule is CC(C)(C)c1ccc(C(=O)Nc2cn3nc(N4CCC(C(N)=O)CC4)ccc3n2)cc1.FC(F)F.O=C(O)C(F)(F)F.O=CO. The van der Waals surface area contributed by atoms with Crippen molar-refractivity contribution < 1.29 is 55.7 Å². The van der Waals surface area contributed by atoms with Crippen LogP contribution in [0.4, 0.5) is 38.0 Å².